The summed E-state index contributed by atoms with van der Waals surface area (Å²) in [6, 6.07) is 0.0487. The average Bonchev–Trinajstić information content (AvgIpc) is 2.88. The van der Waals surface area contributed by atoms with Gasteiger partial charge in [0.25, 0.3) is 0 Å². The van der Waals surface area contributed by atoms with Gasteiger partial charge in [0, 0.05) is 5.92 Å². The molecule has 4 unspecified atom stereocenters. The van der Waals surface area contributed by atoms with Gasteiger partial charge in [-0.2, -0.15) is 0 Å². The Balaban J connectivity index is 1.81. The minimum absolute atomic E-state index is 0.0487. The van der Waals surface area contributed by atoms with E-state index in [4.69, 9.17) is 9.84 Å². The normalized spacial score (nSPS) is 38.7. The molecule has 4 atom stereocenters. The first-order valence-electron chi connectivity index (χ1n) is 5.20. The first kappa shape index (κ1) is 10.4. The molecule has 5 nitrogen and oxygen atoms in total. The minimum atomic E-state index is -0.870. The minimum Gasteiger partial charge on any atom is -0.481 e. The summed E-state index contributed by atoms with van der Waals surface area (Å²) < 4.78 is 5.21. The standard InChI is InChI=1S/C10H15NO4/c1-5-3-15-4-8(5)11-9(12)6-2-7(6)10(13)14/h5-8H,2-4H2,1H3,(H,11,12)(H,13,14). The Bertz CT molecular complexity index is 291. The van der Waals surface area contributed by atoms with Gasteiger partial charge >= 0.3 is 5.97 Å². The summed E-state index contributed by atoms with van der Waals surface area (Å²) in [6.07, 6.45) is 0.475. The van der Waals surface area contributed by atoms with E-state index in [1.54, 1.807) is 0 Å². The molecule has 1 saturated heterocycles. The third kappa shape index (κ3) is 2.12. The van der Waals surface area contributed by atoms with Crippen molar-refractivity contribution in [2.45, 2.75) is 19.4 Å². The van der Waals surface area contributed by atoms with Crippen LogP contribution in [0.4, 0.5) is 0 Å². The van der Waals surface area contributed by atoms with Crippen LogP contribution in [0.2, 0.25) is 0 Å². The molecule has 2 fully saturated rings. The largest absolute Gasteiger partial charge is 0.481 e. The van der Waals surface area contributed by atoms with E-state index in [1.807, 2.05) is 6.92 Å². The summed E-state index contributed by atoms with van der Waals surface area (Å²) >= 11 is 0. The molecule has 2 N–H and O–H groups in total. The first-order valence-corrected chi connectivity index (χ1v) is 5.20. The smallest absolute Gasteiger partial charge is 0.307 e. The van der Waals surface area contributed by atoms with Gasteiger partial charge in [-0.05, 0) is 6.42 Å². The van der Waals surface area contributed by atoms with E-state index >= 15 is 0 Å². The van der Waals surface area contributed by atoms with Crippen molar-refractivity contribution < 1.29 is 19.4 Å². The molecule has 84 valence electrons. The van der Waals surface area contributed by atoms with E-state index in [-0.39, 0.29) is 17.9 Å². The highest BCUT2D eigenvalue weighted by atomic mass is 16.5. The molecule has 1 saturated carbocycles. The van der Waals surface area contributed by atoms with Crippen LogP contribution in [0.1, 0.15) is 13.3 Å². The van der Waals surface area contributed by atoms with Crippen molar-refractivity contribution >= 4 is 11.9 Å². The van der Waals surface area contributed by atoms with Gasteiger partial charge in [-0.15, -0.1) is 0 Å². The highest BCUT2D eigenvalue weighted by Crippen LogP contribution is 2.38. The molecule has 15 heavy (non-hydrogen) atoms. The van der Waals surface area contributed by atoms with E-state index < -0.39 is 11.9 Å². The zero-order valence-corrected chi connectivity index (χ0v) is 8.60. The molecule has 0 radical (unpaired) electrons. The van der Waals surface area contributed by atoms with Crippen LogP contribution in [0.5, 0.6) is 0 Å². The molecule has 2 aliphatic rings. The lowest BCUT2D eigenvalue weighted by Crippen LogP contribution is -2.40. The Kier molecular flexibility index (Phi) is 2.65. The number of nitrogens with one attached hydrogen (secondary N) is 1. The lowest BCUT2D eigenvalue weighted by atomic mass is 10.1. The van der Waals surface area contributed by atoms with Gasteiger partial charge in [-0.3, -0.25) is 9.59 Å². The molecule has 1 amide bonds. The quantitative estimate of drug-likeness (QED) is 0.684. The summed E-state index contributed by atoms with van der Waals surface area (Å²) in [6.45, 7) is 3.22. The van der Waals surface area contributed by atoms with Gasteiger partial charge in [-0.25, -0.2) is 0 Å². The Hall–Kier alpha value is -1.10. The lowest BCUT2D eigenvalue weighted by Gasteiger charge is -2.14. The molecule has 0 spiro atoms. The fraction of sp³-hybridized carbons (Fsp3) is 0.800. The summed E-state index contributed by atoms with van der Waals surface area (Å²) in [5, 5.41) is 11.5. The highest BCUT2D eigenvalue weighted by molar-refractivity contribution is 5.89. The van der Waals surface area contributed by atoms with Crippen molar-refractivity contribution in [3.8, 4) is 0 Å². The number of carbonyl (C=O) groups excluding carboxylic acids is 1. The van der Waals surface area contributed by atoms with Crippen molar-refractivity contribution in [3.63, 3.8) is 0 Å². The predicted octanol–water partition coefficient (Wildman–Crippen LogP) is -0.142. The topological polar surface area (TPSA) is 75.6 Å². The molecule has 5 heteroatoms. The number of rotatable bonds is 3. The number of amides is 1. The monoisotopic (exact) mass is 213 g/mol. The van der Waals surface area contributed by atoms with Crippen molar-refractivity contribution in [3.05, 3.63) is 0 Å². The maximum absolute atomic E-state index is 11.6. The van der Waals surface area contributed by atoms with Gasteiger partial charge in [0.05, 0.1) is 31.1 Å². The number of carbonyl (C=O) groups is 2. The zero-order chi connectivity index (χ0) is 11.0. The number of aliphatic carboxylic acids is 1. The van der Waals surface area contributed by atoms with E-state index in [2.05, 4.69) is 5.32 Å². The Morgan fingerprint density at radius 2 is 2.07 bits per heavy atom. The molecule has 1 aliphatic carbocycles. The molecule has 0 aromatic carbocycles. The second-order valence-corrected chi connectivity index (χ2v) is 4.42. The summed E-state index contributed by atoms with van der Waals surface area (Å²) in [7, 11) is 0. The van der Waals surface area contributed by atoms with Crippen molar-refractivity contribution in [2.24, 2.45) is 17.8 Å². The molecular weight excluding hydrogens is 198 g/mol. The van der Waals surface area contributed by atoms with Gasteiger partial charge < -0.3 is 15.2 Å². The fourth-order valence-corrected chi connectivity index (χ4v) is 1.89. The fourth-order valence-electron chi connectivity index (χ4n) is 1.89. The lowest BCUT2D eigenvalue weighted by molar-refractivity contribution is -0.140. The Labute approximate surface area is 87.8 Å². The SMILES string of the molecule is CC1COCC1NC(=O)C1CC1C(=O)O. The van der Waals surface area contributed by atoms with Crippen molar-refractivity contribution in [2.75, 3.05) is 13.2 Å². The first-order chi connectivity index (χ1) is 7.09. The van der Waals surface area contributed by atoms with Crippen molar-refractivity contribution in [1.82, 2.24) is 5.32 Å². The number of hydrogen-bond donors (Lipinski definition) is 2. The van der Waals surface area contributed by atoms with Crippen LogP contribution < -0.4 is 5.32 Å². The molecule has 0 aromatic rings. The predicted molar refractivity (Wildman–Crippen MR) is 51.1 cm³/mol. The second kappa shape index (κ2) is 3.81. The van der Waals surface area contributed by atoms with E-state index in [1.165, 1.54) is 0 Å². The van der Waals surface area contributed by atoms with Gasteiger partial charge in [0.15, 0.2) is 0 Å². The van der Waals surface area contributed by atoms with Crippen LogP contribution in [0.3, 0.4) is 0 Å². The van der Waals surface area contributed by atoms with Crippen LogP contribution in [0, 0.1) is 17.8 Å². The van der Waals surface area contributed by atoms with E-state index in [9.17, 15) is 9.59 Å². The maximum atomic E-state index is 11.6. The maximum Gasteiger partial charge on any atom is 0.307 e. The number of ether oxygens (including phenoxy) is 1. The van der Waals surface area contributed by atoms with Crippen LogP contribution >= 0.6 is 0 Å². The molecule has 2 rings (SSSR count). The molecule has 0 bridgehead atoms. The summed E-state index contributed by atoms with van der Waals surface area (Å²) in [5.74, 6) is -1.48. The number of carboxylic acids is 1. The van der Waals surface area contributed by atoms with Gasteiger partial charge in [-0.1, -0.05) is 6.92 Å². The Morgan fingerprint density at radius 3 is 2.53 bits per heavy atom. The molecule has 1 heterocycles. The van der Waals surface area contributed by atoms with Gasteiger partial charge in [0.2, 0.25) is 5.91 Å². The van der Waals surface area contributed by atoms with Crippen LogP contribution in [-0.4, -0.2) is 36.2 Å². The number of carboxylic acid groups (broad SMARTS) is 1. The van der Waals surface area contributed by atoms with Crippen molar-refractivity contribution in [1.29, 1.82) is 0 Å². The summed E-state index contributed by atoms with van der Waals surface area (Å²) in [5.41, 5.74) is 0. The van der Waals surface area contributed by atoms with Crippen LogP contribution in [0.25, 0.3) is 0 Å². The van der Waals surface area contributed by atoms with E-state index in [0.717, 1.165) is 0 Å². The van der Waals surface area contributed by atoms with Crippen LogP contribution in [-0.2, 0) is 14.3 Å². The molecule has 0 aromatic heterocycles. The van der Waals surface area contributed by atoms with Gasteiger partial charge in [0.1, 0.15) is 0 Å². The third-order valence-electron chi connectivity index (χ3n) is 3.14. The number of hydrogen-bond acceptors (Lipinski definition) is 3. The second-order valence-electron chi connectivity index (χ2n) is 4.42. The Morgan fingerprint density at radius 1 is 1.33 bits per heavy atom. The van der Waals surface area contributed by atoms with E-state index in [0.29, 0.717) is 25.6 Å². The molecule has 1 aliphatic heterocycles. The third-order valence-corrected chi connectivity index (χ3v) is 3.14. The summed E-state index contributed by atoms with van der Waals surface area (Å²) in [4.78, 5) is 22.2. The average molecular weight is 213 g/mol. The molecular formula is C10H15NO4. The highest BCUT2D eigenvalue weighted by Gasteiger charge is 2.49. The zero-order valence-electron chi connectivity index (χ0n) is 8.60. The van der Waals surface area contributed by atoms with Crippen LogP contribution in [0.15, 0.2) is 0 Å².